The van der Waals surface area contributed by atoms with E-state index in [4.69, 9.17) is 4.74 Å². The first-order valence-electron chi connectivity index (χ1n) is 14.0. The average Bonchev–Trinajstić information content (AvgIpc) is 3.66. The monoisotopic (exact) mass is 540 g/mol. The van der Waals surface area contributed by atoms with Crippen LogP contribution in [0.5, 0.6) is 0 Å². The molecule has 0 saturated carbocycles. The molecular formula is C31H33FN6O2. The van der Waals surface area contributed by atoms with Gasteiger partial charge in [0, 0.05) is 38.5 Å². The van der Waals surface area contributed by atoms with E-state index in [1.165, 1.54) is 34.0 Å². The van der Waals surface area contributed by atoms with Crippen LogP contribution in [0.3, 0.4) is 0 Å². The van der Waals surface area contributed by atoms with Crippen LogP contribution in [0.4, 0.5) is 10.1 Å². The van der Waals surface area contributed by atoms with E-state index in [0.717, 1.165) is 43.7 Å². The Labute approximate surface area is 232 Å². The van der Waals surface area contributed by atoms with Gasteiger partial charge in [0.2, 0.25) is 5.91 Å². The highest BCUT2D eigenvalue weighted by Crippen LogP contribution is 2.45. The molecule has 8 nitrogen and oxygen atoms in total. The summed E-state index contributed by atoms with van der Waals surface area (Å²) in [6, 6.07) is 20.1. The minimum Gasteiger partial charge on any atom is -0.378 e. The van der Waals surface area contributed by atoms with Crippen molar-refractivity contribution < 1.29 is 13.9 Å². The third-order valence-corrected chi connectivity index (χ3v) is 8.99. The Morgan fingerprint density at radius 3 is 2.58 bits per heavy atom. The smallest absolute Gasteiger partial charge is 0.250 e. The summed E-state index contributed by atoms with van der Waals surface area (Å²) >= 11 is 0. The van der Waals surface area contributed by atoms with Gasteiger partial charge in [-0.05, 0) is 65.4 Å². The van der Waals surface area contributed by atoms with E-state index < -0.39 is 5.54 Å². The molecule has 1 atom stereocenters. The van der Waals surface area contributed by atoms with E-state index in [2.05, 4.69) is 56.5 Å². The summed E-state index contributed by atoms with van der Waals surface area (Å²) in [5.41, 5.74) is 3.81. The van der Waals surface area contributed by atoms with Gasteiger partial charge in [0.1, 0.15) is 17.1 Å². The number of ether oxygens (including phenoxy) is 1. The summed E-state index contributed by atoms with van der Waals surface area (Å²) in [5.74, 6) is -0.131. The minimum atomic E-state index is -0.643. The largest absolute Gasteiger partial charge is 0.378 e. The Hall–Kier alpha value is -3.82. The molecule has 1 spiro atoms. The topological polar surface area (TPSA) is 66.7 Å². The average molecular weight is 541 g/mol. The number of amides is 1. The van der Waals surface area contributed by atoms with Crippen LogP contribution in [-0.4, -0.2) is 69.7 Å². The number of benzene rings is 3. The van der Waals surface area contributed by atoms with Crippen LogP contribution >= 0.6 is 0 Å². The number of carbonyl (C=O) groups is 1. The summed E-state index contributed by atoms with van der Waals surface area (Å²) in [6.07, 6.45) is 4.32. The van der Waals surface area contributed by atoms with Crippen molar-refractivity contribution in [2.24, 2.45) is 0 Å². The molecule has 1 amide bonds. The zero-order valence-corrected chi connectivity index (χ0v) is 22.7. The van der Waals surface area contributed by atoms with Gasteiger partial charge in [-0.3, -0.25) is 14.4 Å². The van der Waals surface area contributed by atoms with Gasteiger partial charge in [0.15, 0.2) is 0 Å². The van der Waals surface area contributed by atoms with E-state index in [1.54, 1.807) is 23.9 Å². The van der Waals surface area contributed by atoms with E-state index >= 15 is 0 Å². The van der Waals surface area contributed by atoms with E-state index in [0.29, 0.717) is 32.4 Å². The van der Waals surface area contributed by atoms with E-state index in [1.807, 2.05) is 11.1 Å². The maximum atomic E-state index is 14.1. The van der Waals surface area contributed by atoms with Gasteiger partial charge in [-0.25, -0.2) is 4.39 Å². The van der Waals surface area contributed by atoms with Gasteiger partial charge in [0.25, 0.3) is 0 Å². The lowest BCUT2D eigenvalue weighted by Crippen LogP contribution is -2.57. The Kier molecular flexibility index (Phi) is 6.28. The molecule has 7 rings (SSSR count). The summed E-state index contributed by atoms with van der Waals surface area (Å²) in [7, 11) is 1.63. The molecule has 0 bridgehead atoms. The number of rotatable bonds is 7. The normalized spacial score (nSPS) is 20.4. The summed E-state index contributed by atoms with van der Waals surface area (Å²) in [6.45, 7) is 3.61. The first-order chi connectivity index (χ1) is 19.6. The Balaban J connectivity index is 1.12. The molecule has 4 aromatic rings. The standard InChI is InChI=1S/C31H33FN6O2/c1-40-20-25-19-37(34-33-25)17-16-36-21-38(26-10-8-24(32)9-11-26)31(30(36)39)12-14-35(15-13-31)28-18-23-6-2-4-22-5-3-7-27(28)29(22)23/h2-11,19,28H,12-18,20-21H2,1H3. The second kappa shape index (κ2) is 9.98. The Morgan fingerprint density at radius 1 is 1.02 bits per heavy atom. The zero-order valence-electron chi connectivity index (χ0n) is 22.7. The highest BCUT2D eigenvalue weighted by Gasteiger charge is 2.54. The number of aromatic nitrogens is 3. The first-order valence-corrected chi connectivity index (χ1v) is 14.0. The molecular weight excluding hydrogens is 507 g/mol. The number of piperidine rings is 1. The van der Waals surface area contributed by atoms with Crippen molar-refractivity contribution >= 4 is 22.4 Å². The molecule has 3 heterocycles. The lowest BCUT2D eigenvalue weighted by molar-refractivity contribution is -0.134. The lowest BCUT2D eigenvalue weighted by atomic mass is 9.84. The highest BCUT2D eigenvalue weighted by molar-refractivity contribution is 5.94. The first kappa shape index (κ1) is 25.2. The molecule has 1 aliphatic carbocycles. The number of hydrogen-bond acceptors (Lipinski definition) is 6. The number of carbonyl (C=O) groups excluding carboxylic acids is 1. The Bertz CT molecular complexity index is 1540. The van der Waals surface area contributed by atoms with Crippen LogP contribution < -0.4 is 4.90 Å². The van der Waals surface area contributed by atoms with Gasteiger partial charge < -0.3 is 14.5 Å². The predicted octanol–water partition coefficient (Wildman–Crippen LogP) is 4.16. The van der Waals surface area contributed by atoms with Gasteiger partial charge in [-0.15, -0.1) is 5.10 Å². The number of methoxy groups -OCH3 is 1. The van der Waals surface area contributed by atoms with Gasteiger partial charge in [0.05, 0.1) is 26.0 Å². The van der Waals surface area contributed by atoms with Gasteiger partial charge >= 0.3 is 0 Å². The fraction of sp³-hybridized carbons (Fsp3) is 0.387. The third kappa shape index (κ3) is 4.15. The van der Waals surface area contributed by atoms with Crippen molar-refractivity contribution in [2.75, 3.05) is 38.3 Å². The third-order valence-electron chi connectivity index (χ3n) is 8.99. The lowest BCUT2D eigenvalue weighted by Gasteiger charge is -2.45. The maximum Gasteiger partial charge on any atom is 0.250 e. The number of hydrogen-bond donors (Lipinski definition) is 0. The molecule has 3 aromatic carbocycles. The molecule has 2 fully saturated rings. The minimum absolute atomic E-state index is 0.144. The summed E-state index contributed by atoms with van der Waals surface area (Å²) < 4.78 is 20.7. The molecule has 3 aliphatic rings. The van der Waals surface area contributed by atoms with Crippen molar-refractivity contribution in [1.82, 2.24) is 24.8 Å². The molecule has 2 aliphatic heterocycles. The van der Waals surface area contributed by atoms with E-state index in [9.17, 15) is 9.18 Å². The molecule has 9 heteroatoms. The fourth-order valence-electron chi connectivity index (χ4n) is 7.02. The second-order valence-electron chi connectivity index (χ2n) is 11.2. The second-order valence-corrected chi connectivity index (χ2v) is 11.2. The van der Waals surface area contributed by atoms with Crippen molar-refractivity contribution in [3.8, 4) is 0 Å². The quantitative estimate of drug-likeness (QED) is 0.351. The fourth-order valence-corrected chi connectivity index (χ4v) is 7.02. The number of nitrogens with zero attached hydrogens (tertiary/aromatic N) is 6. The number of halogens is 1. The molecule has 1 aromatic heterocycles. The highest BCUT2D eigenvalue weighted by atomic mass is 19.1. The summed E-state index contributed by atoms with van der Waals surface area (Å²) in [4.78, 5) is 20.8. The molecule has 1 unspecified atom stereocenters. The molecule has 40 heavy (non-hydrogen) atoms. The predicted molar refractivity (Wildman–Crippen MR) is 150 cm³/mol. The van der Waals surface area contributed by atoms with Crippen molar-refractivity contribution in [3.63, 3.8) is 0 Å². The van der Waals surface area contributed by atoms with Crippen molar-refractivity contribution in [1.29, 1.82) is 0 Å². The SMILES string of the molecule is COCc1cn(CCN2CN(c3ccc(F)cc3)C3(CCN(C4Cc5cccc6cccc4c56)CC3)C2=O)nn1. The van der Waals surface area contributed by atoms with Gasteiger partial charge in [-0.2, -0.15) is 0 Å². The van der Waals surface area contributed by atoms with Gasteiger partial charge in [-0.1, -0.05) is 41.6 Å². The van der Waals surface area contributed by atoms with Crippen LogP contribution in [0.1, 0.15) is 35.7 Å². The number of likely N-dealkylation sites (tertiary alicyclic amines) is 1. The zero-order chi connectivity index (χ0) is 27.3. The Morgan fingerprint density at radius 2 is 1.80 bits per heavy atom. The number of anilines is 1. The van der Waals surface area contributed by atoms with Crippen LogP contribution in [0.2, 0.25) is 0 Å². The molecule has 0 N–H and O–H groups in total. The van der Waals surface area contributed by atoms with Crippen molar-refractivity contribution in [2.45, 2.75) is 44.0 Å². The van der Waals surface area contributed by atoms with Crippen LogP contribution in [0, 0.1) is 5.82 Å². The molecule has 206 valence electrons. The van der Waals surface area contributed by atoms with E-state index in [-0.39, 0.29) is 11.7 Å². The molecule has 2 saturated heterocycles. The molecule has 0 radical (unpaired) electrons. The van der Waals surface area contributed by atoms with Crippen LogP contribution in [0.25, 0.3) is 10.8 Å². The van der Waals surface area contributed by atoms with Crippen LogP contribution in [0.15, 0.2) is 66.9 Å². The maximum absolute atomic E-state index is 14.1. The van der Waals surface area contributed by atoms with Crippen LogP contribution in [-0.2, 0) is 29.1 Å². The van der Waals surface area contributed by atoms with Crippen molar-refractivity contribution in [3.05, 3.63) is 89.5 Å². The summed E-state index contributed by atoms with van der Waals surface area (Å²) in [5, 5.41) is 11.0.